The zero-order valence-electron chi connectivity index (χ0n) is 14.4. The monoisotopic (exact) mass is 399 g/mol. The van der Waals surface area contributed by atoms with Crippen molar-refractivity contribution in [2.75, 3.05) is 32.6 Å². The van der Waals surface area contributed by atoms with E-state index in [0.29, 0.717) is 32.2 Å². The molecule has 1 amide bonds. The summed E-state index contributed by atoms with van der Waals surface area (Å²) in [6.07, 6.45) is -5.08. The summed E-state index contributed by atoms with van der Waals surface area (Å²) in [6, 6.07) is 0. The molecule has 1 aromatic heterocycles. The van der Waals surface area contributed by atoms with E-state index in [1.807, 2.05) is 12.4 Å². The maximum Gasteiger partial charge on any atom is 0.458 e. The number of hydrogen-bond acceptors (Lipinski definition) is 5. The Bertz CT molecular complexity index is 707. The molecule has 0 saturated carbocycles. The Morgan fingerprint density at radius 1 is 1.31 bits per heavy atom. The molecule has 0 fully saturated rings. The van der Waals surface area contributed by atoms with Gasteiger partial charge in [0.25, 0.3) is 0 Å². The molecule has 1 aliphatic rings. The lowest BCUT2D eigenvalue weighted by Gasteiger charge is -2.24. The number of alkyl halides is 4. The summed E-state index contributed by atoms with van der Waals surface area (Å²) in [4.78, 5) is 26.1. The van der Waals surface area contributed by atoms with Crippen LogP contribution in [0, 0.1) is 0 Å². The Hall–Kier alpha value is -1.72. The summed E-state index contributed by atoms with van der Waals surface area (Å²) in [5.41, 5.74) is 0.594. The summed E-state index contributed by atoms with van der Waals surface area (Å²) in [5.74, 6) is -7.34. The predicted molar refractivity (Wildman–Crippen MR) is 85.0 cm³/mol. The first-order chi connectivity index (χ1) is 12.0. The Balaban J connectivity index is 2.43. The van der Waals surface area contributed by atoms with Crippen molar-refractivity contribution in [2.24, 2.45) is 0 Å². The minimum absolute atomic E-state index is 0.0201. The highest BCUT2D eigenvalue weighted by atomic mass is 32.1. The fraction of sp³-hybridized carbons (Fsp3) is 0.600. The van der Waals surface area contributed by atoms with Crippen molar-refractivity contribution in [3.63, 3.8) is 0 Å². The van der Waals surface area contributed by atoms with Gasteiger partial charge in [-0.15, -0.1) is 11.3 Å². The molecule has 26 heavy (non-hydrogen) atoms. The number of anilines is 1. The van der Waals surface area contributed by atoms with Crippen LogP contribution in [0.15, 0.2) is 0 Å². The second-order valence-corrected chi connectivity index (χ2v) is 6.92. The van der Waals surface area contributed by atoms with Crippen LogP contribution in [0.1, 0.15) is 27.7 Å². The highest BCUT2D eigenvalue weighted by Crippen LogP contribution is 2.39. The second kappa shape index (κ2) is 7.49. The minimum atomic E-state index is -5.57. The van der Waals surface area contributed by atoms with Crippen molar-refractivity contribution in [3.8, 4) is 0 Å². The van der Waals surface area contributed by atoms with Crippen LogP contribution in [0.4, 0.5) is 22.6 Å². The van der Waals surface area contributed by atoms with Gasteiger partial charge in [-0.1, -0.05) is 0 Å². The maximum atomic E-state index is 14.1. The number of thiophene rings is 1. The quantitative estimate of drug-likeness (QED) is 0.579. The average molecular weight is 399 g/mol. The topological polar surface area (TPSA) is 69.1 Å². The van der Waals surface area contributed by atoms with Gasteiger partial charge < -0.3 is 19.7 Å². The molecule has 1 aromatic rings. The number of rotatable bonds is 5. The number of fused-ring (bicyclic) bond motifs is 1. The van der Waals surface area contributed by atoms with Crippen LogP contribution < -0.4 is 10.2 Å². The van der Waals surface area contributed by atoms with Gasteiger partial charge in [0.15, 0.2) is 0 Å². The fourth-order valence-corrected chi connectivity index (χ4v) is 3.99. The molecule has 2 atom stereocenters. The Labute approximate surface area is 151 Å². The van der Waals surface area contributed by atoms with E-state index in [-0.39, 0.29) is 17.2 Å². The van der Waals surface area contributed by atoms with E-state index in [0.717, 1.165) is 21.1 Å². The van der Waals surface area contributed by atoms with E-state index >= 15 is 0 Å². The third kappa shape index (κ3) is 3.69. The predicted octanol–water partition coefficient (Wildman–Crippen LogP) is 1.31. The normalized spacial score (nSPS) is 19.4. The Morgan fingerprint density at radius 3 is 2.50 bits per heavy atom. The summed E-state index contributed by atoms with van der Waals surface area (Å²) in [6.45, 7) is 2.87. The molecule has 0 saturated heterocycles. The van der Waals surface area contributed by atoms with E-state index in [9.17, 15) is 27.2 Å². The SMILES string of the molecule is CCOC(=O)c1c(NC(=O)[C@](F)(OC)C(F)(F)F)sc2c1CC[NH+](C)C2. The van der Waals surface area contributed by atoms with Gasteiger partial charge in [-0.25, -0.2) is 4.79 Å². The first-order valence-electron chi connectivity index (χ1n) is 7.80. The van der Waals surface area contributed by atoms with Crippen molar-refractivity contribution >= 4 is 28.2 Å². The third-order valence-corrected chi connectivity index (χ3v) is 5.15. The Morgan fingerprint density at radius 2 is 1.96 bits per heavy atom. The van der Waals surface area contributed by atoms with Crippen molar-refractivity contribution < 1.29 is 41.5 Å². The molecule has 1 unspecified atom stereocenters. The molecule has 6 nitrogen and oxygen atoms in total. The lowest BCUT2D eigenvalue weighted by Crippen LogP contribution is -3.08. The highest BCUT2D eigenvalue weighted by Gasteiger charge is 2.63. The molecule has 0 radical (unpaired) electrons. The van der Waals surface area contributed by atoms with E-state index in [2.05, 4.69) is 4.74 Å². The van der Waals surface area contributed by atoms with Crippen LogP contribution in [0.25, 0.3) is 0 Å². The van der Waals surface area contributed by atoms with Crippen LogP contribution in [0.2, 0.25) is 0 Å². The van der Waals surface area contributed by atoms with Crippen LogP contribution in [0.3, 0.4) is 0 Å². The van der Waals surface area contributed by atoms with Gasteiger partial charge in [0, 0.05) is 13.5 Å². The van der Waals surface area contributed by atoms with E-state index in [1.165, 1.54) is 0 Å². The van der Waals surface area contributed by atoms with Crippen molar-refractivity contribution in [2.45, 2.75) is 31.9 Å². The molecule has 146 valence electrons. The molecule has 2 heterocycles. The first-order valence-corrected chi connectivity index (χ1v) is 8.62. The van der Waals surface area contributed by atoms with Crippen LogP contribution in [-0.2, 0) is 27.2 Å². The average Bonchev–Trinajstić information content (AvgIpc) is 2.89. The number of ether oxygens (including phenoxy) is 2. The number of carbonyl (C=O) groups is 2. The molecule has 2 rings (SSSR count). The number of likely N-dealkylation sites (N-methyl/N-ethyl adjacent to an activating group) is 1. The van der Waals surface area contributed by atoms with Crippen LogP contribution >= 0.6 is 11.3 Å². The zero-order chi connectivity index (χ0) is 19.7. The summed E-state index contributed by atoms with van der Waals surface area (Å²) in [7, 11) is 2.36. The second-order valence-electron chi connectivity index (χ2n) is 5.81. The number of halogens is 4. The summed E-state index contributed by atoms with van der Waals surface area (Å²) in [5, 5.41) is 1.70. The molecule has 0 spiro atoms. The highest BCUT2D eigenvalue weighted by molar-refractivity contribution is 7.17. The molecule has 0 aliphatic carbocycles. The van der Waals surface area contributed by atoms with Gasteiger partial charge in [0.2, 0.25) is 0 Å². The number of amides is 1. The van der Waals surface area contributed by atoms with Gasteiger partial charge in [0.1, 0.15) is 11.5 Å². The Kier molecular flexibility index (Phi) is 5.93. The van der Waals surface area contributed by atoms with Crippen LogP contribution in [0.5, 0.6) is 0 Å². The number of carbonyl (C=O) groups excluding carboxylic acids is 2. The molecule has 0 bridgehead atoms. The van der Waals surface area contributed by atoms with Gasteiger partial charge >= 0.3 is 23.9 Å². The largest absolute Gasteiger partial charge is 0.462 e. The van der Waals surface area contributed by atoms with Gasteiger partial charge in [-0.2, -0.15) is 17.6 Å². The number of esters is 1. The van der Waals surface area contributed by atoms with E-state index in [4.69, 9.17) is 4.74 Å². The van der Waals surface area contributed by atoms with E-state index < -0.39 is 23.9 Å². The van der Waals surface area contributed by atoms with Crippen LogP contribution in [-0.4, -0.2) is 51.2 Å². The number of quaternary nitrogens is 1. The lowest BCUT2D eigenvalue weighted by molar-refractivity contribution is -0.895. The minimum Gasteiger partial charge on any atom is -0.462 e. The number of nitrogens with one attached hydrogen (secondary N) is 2. The van der Waals surface area contributed by atoms with E-state index in [1.54, 1.807) is 6.92 Å². The zero-order valence-corrected chi connectivity index (χ0v) is 15.2. The summed E-state index contributed by atoms with van der Waals surface area (Å²) < 4.78 is 61.4. The summed E-state index contributed by atoms with van der Waals surface area (Å²) >= 11 is 0.942. The number of methoxy groups -OCH3 is 1. The standard InChI is InChI=1S/C15H18F4N2O4S/c1-4-25-12(22)10-8-5-6-21(2)7-9(8)26-11(10)20-13(23)14(16,24-3)15(17,18)19/h4-7H2,1-3H3,(H,20,23)/p+1/t14-/m0/s1. The van der Waals surface area contributed by atoms with Gasteiger partial charge in [-0.05, 0) is 12.5 Å². The van der Waals surface area contributed by atoms with Crippen molar-refractivity contribution in [1.29, 1.82) is 0 Å². The molecule has 1 aliphatic heterocycles. The molecule has 11 heteroatoms. The fourth-order valence-electron chi connectivity index (χ4n) is 2.65. The van der Waals surface area contributed by atoms with Gasteiger partial charge in [-0.3, -0.25) is 4.79 Å². The molecule has 0 aromatic carbocycles. The van der Waals surface area contributed by atoms with Crippen molar-refractivity contribution in [3.05, 3.63) is 16.0 Å². The smallest absolute Gasteiger partial charge is 0.458 e. The molecule has 2 N–H and O–H groups in total. The number of hydrogen-bond donors (Lipinski definition) is 2. The van der Waals surface area contributed by atoms with Crippen molar-refractivity contribution in [1.82, 2.24) is 0 Å². The van der Waals surface area contributed by atoms with Gasteiger partial charge in [0.05, 0.1) is 30.6 Å². The first kappa shape index (κ1) is 20.6. The molecular weight excluding hydrogens is 380 g/mol. The lowest BCUT2D eigenvalue weighted by atomic mass is 10.0. The maximum absolute atomic E-state index is 14.1. The molecular formula is C15H19F4N2O4S+. The third-order valence-electron chi connectivity index (χ3n) is 4.00.